The number of methoxy groups -OCH3 is 2. The summed E-state index contributed by atoms with van der Waals surface area (Å²) in [6.07, 6.45) is 0.899. The van der Waals surface area contributed by atoms with Crippen LogP contribution in [-0.2, 0) is 19.6 Å². The first kappa shape index (κ1) is 24.1. The number of sulfonamides is 1. The predicted octanol–water partition coefficient (Wildman–Crippen LogP) is 2.62. The molecule has 1 amide bonds. The number of ether oxygens (including phenoxy) is 2. The molecule has 1 aliphatic heterocycles. The van der Waals surface area contributed by atoms with Gasteiger partial charge >= 0.3 is 5.97 Å². The second-order valence-electron chi connectivity index (χ2n) is 7.43. The van der Waals surface area contributed by atoms with Gasteiger partial charge in [0.15, 0.2) is 11.5 Å². The van der Waals surface area contributed by atoms with Gasteiger partial charge in [-0.3, -0.25) is 14.3 Å². The molecular weight excluding hydrogens is 450 g/mol. The standard InChI is InChI=1S/C22H25N3O7S/c1-31-19-6-4-5-16(22(19)32-2)18-13-17(23-25(18)20(26)11-12-21(27)28)14-7-9-15(10-8-14)24-33(3,29)30/h4-10,18,24H,11-13H2,1-3H3,(H,27,28)/t18-/m1/s1. The average Bonchev–Trinajstić information content (AvgIpc) is 3.21. The molecule has 0 saturated carbocycles. The van der Waals surface area contributed by atoms with Crippen molar-refractivity contribution in [1.82, 2.24) is 5.01 Å². The van der Waals surface area contributed by atoms with Crippen LogP contribution in [0, 0.1) is 0 Å². The number of rotatable bonds is 9. The highest BCUT2D eigenvalue weighted by atomic mass is 32.2. The largest absolute Gasteiger partial charge is 0.493 e. The normalized spacial score (nSPS) is 15.7. The van der Waals surface area contributed by atoms with Gasteiger partial charge in [-0.05, 0) is 23.8 Å². The number of para-hydroxylation sites is 1. The van der Waals surface area contributed by atoms with Crippen LogP contribution in [-0.4, -0.2) is 56.6 Å². The molecule has 0 aliphatic carbocycles. The maximum atomic E-state index is 12.9. The van der Waals surface area contributed by atoms with E-state index in [0.29, 0.717) is 40.4 Å². The van der Waals surface area contributed by atoms with Gasteiger partial charge in [0, 0.05) is 24.1 Å². The predicted molar refractivity (Wildman–Crippen MR) is 122 cm³/mol. The van der Waals surface area contributed by atoms with Crippen LogP contribution >= 0.6 is 0 Å². The van der Waals surface area contributed by atoms with Crippen molar-refractivity contribution < 1.29 is 32.6 Å². The number of benzene rings is 2. The van der Waals surface area contributed by atoms with E-state index in [1.165, 1.54) is 19.2 Å². The Bertz CT molecular complexity index is 1180. The molecule has 0 unspecified atom stereocenters. The summed E-state index contributed by atoms with van der Waals surface area (Å²) in [5.41, 5.74) is 2.38. The van der Waals surface area contributed by atoms with Crippen molar-refractivity contribution in [3.8, 4) is 11.5 Å². The molecule has 2 aromatic rings. The van der Waals surface area contributed by atoms with Crippen LogP contribution in [0.15, 0.2) is 47.6 Å². The number of nitrogens with one attached hydrogen (secondary N) is 1. The van der Waals surface area contributed by atoms with Crippen molar-refractivity contribution >= 4 is 33.3 Å². The first-order chi connectivity index (χ1) is 15.6. The van der Waals surface area contributed by atoms with Gasteiger partial charge in [-0.1, -0.05) is 24.3 Å². The highest BCUT2D eigenvalue weighted by Gasteiger charge is 2.35. The first-order valence-electron chi connectivity index (χ1n) is 10.0. The summed E-state index contributed by atoms with van der Waals surface area (Å²) in [5, 5.41) is 14.8. The lowest BCUT2D eigenvalue weighted by Crippen LogP contribution is -2.27. The fourth-order valence-corrected chi connectivity index (χ4v) is 4.17. The van der Waals surface area contributed by atoms with E-state index in [0.717, 1.165) is 6.26 Å². The summed E-state index contributed by atoms with van der Waals surface area (Å²) >= 11 is 0. The Morgan fingerprint density at radius 1 is 1.12 bits per heavy atom. The van der Waals surface area contributed by atoms with Gasteiger partial charge in [0.05, 0.1) is 38.6 Å². The van der Waals surface area contributed by atoms with E-state index < -0.39 is 27.9 Å². The first-order valence-corrected chi connectivity index (χ1v) is 11.9. The molecular formula is C22H25N3O7S. The fourth-order valence-electron chi connectivity index (χ4n) is 3.60. The lowest BCUT2D eigenvalue weighted by molar-refractivity contribution is -0.141. The van der Waals surface area contributed by atoms with E-state index in [4.69, 9.17) is 14.6 Å². The van der Waals surface area contributed by atoms with Crippen molar-refractivity contribution in [3.05, 3.63) is 53.6 Å². The number of carboxylic acid groups (broad SMARTS) is 1. The topological polar surface area (TPSA) is 135 Å². The zero-order valence-electron chi connectivity index (χ0n) is 18.4. The third-order valence-corrected chi connectivity index (χ3v) is 5.64. The van der Waals surface area contributed by atoms with Gasteiger partial charge in [-0.25, -0.2) is 13.4 Å². The van der Waals surface area contributed by atoms with Crippen LogP contribution in [0.1, 0.15) is 36.4 Å². The van der Waals surface area contributed by atoms with Crippen molar-refractivity contribution in [2.75, 3.05) is 25.2 Å². The number of amides is 1. The monoisotopic (exact) mass is 475 g/mol. The zero-order valence-corrected chi connectivity index (χ0v) is 19.3. The molecule has 1 aliphatic rings. The van der Waals surface area contributed by atoms with Crippen molar-refractivity contribution in [3.63, 3.8) is 0 Å². The molecule has 2 N–H and O–H groups in total. The molecule has 0 fully saturated rings. The van der Waals surface area contributed by atoms with Crippen LogP contribution < -0.4 is 14.2 Å². The van der Waals surface area contributed by atoms with E-state index in [2.05, 4.69) is 9.82 Å². The van der Waals surface area contributed by atoms with Gasteiger partial charge < -0.3 is 14.6 Å². The van der Waals surface area contributed by atoms with Gasteiger partial charge in [0.1, 0.15) is 0 Å². The second kappa shape index (κ2) is 9.90. The second-order valence-corrected chi connectivity index (χ2v) is 9.18. The molecule has 2 aromatic carbocycles. The molecule has 10 nitrogen and oxygen atoms in total. The molecule has 1 atom stereocenters. The molecule has 0 spiro atoms. The minimum absolute atomic E-state index is 0.202. The van der Waals surface area contributed by atoms with Gasteiger partial charge in [0.2, 0.25) is 15.9 Å². The summed E-state index contributed by atoms with van der Waals surface area (Å²) in [7, 11) is -0.392. The van der Waals surface area contributed by atoms with Crippen LogP contribution in [0.25, 0.3) is 0 Å². The summed E-state index contributed by atoms with van der Waals surface area (Å²) < 4.78 is 36.2. The Kier molecular flexibility index (Phi) is 7.22. The number of aliphatic carboxylic acids is 1. The highest BCUT2D eigenvalue weighted by Crippen LogP contribution is 2.42. The van der Waals surface area contributed by atoms with Gasteiger partial charge in [-0.2, -0.15) is 5.10 Å². The highest BCUT2D eigenvalue weighted by molar-refractivity contribution is 7.92. The molecule has 33 heavy (non-hydrogen) atoms. The van der Waals surface area contributed by atoms with E-state index in [-0.39, 0.29) is 12.8 Å². The van der Waals surface area contributed by atoms with Gasteiger partial charge in [0.25, 0.3) is 0 Å². The smallest absolute Gasteiger partial charge is 0.303 e. The Morgan fingerprint density at radius 3 is 2.39 bits per heavy atom. The number of hydrogen-bond acceptors (Lipinski definition) is 7. The van der Waals surface area contributed by atoms with Crippen LogP contribution in [0.5, 0.6) is 11.5 Å². The maximum absolute atomic E-state index is 12.9. The molecule has 0 aromatic heterocycles. The third-order valence-electron chi connectivity index (χ3n) is 5.03. The quantitative estimate of drug-likeness (QED) is 0.569. The fraction of sp³-hybridized carbons (Fsp3) is 0.318. The third kappa shape index (κ3) is 5.80. The molecule has 11 heteroatoms. The molecule has 0 saturated heterocycles. The summed E-state index contributed by atoms with van der Waals surface area (Å²) in [5.74, 6) is -0.545. The van der Waals surface area contributed by atoms with Crippen LogP contribution in [0.3, 0.4) is 0 Å². The number of hydrogen-bond donors (Lipinski definition) is 2. The van der Waals surface area contributed by atoms with Gasteiger partial charge in [-0.15, -0.1) is 0 Å². The van der Waals surface area contributed by atoms with E-state index in [1.807, 2.05) is 0 Å². The van der Waals surface area contributed by atoms with E-state index in [9.17, 15) is 18.0 Å². The average molecular weight is 476 g/mol. The zero-order chi connectivity index (χ0) is 24.2. The van der Waals surface area contributed by atoms with Crippen molar-refractivity contribution in [2.24, 2.45) is 5.10 Å². The summed E-state index contributed by atoms with van der Waals surface area (Å²) in [6.45, 7) is 0. The van der Waals surface area contributed by atoms with Crippen molar-refractivity contribution in [2.45, 2.75) is 25.3 Å². The maximum Gasteiger partial charge on any atom is 0.303 e. The van der Waals surface area contributed by atoms with Crippen LogP contribution in [0.2, 0.25) is 0 Å². The van der Waals surface area contributed by atoms with E-state index in [1.54, 1.807) is 42.5 Å². The molecule has 176 valence electrons. The summed E-state index contributed by atoms with van der Waals surface area (Å²) in [4.78, 5) is 23.9. The lowest BCUT2D eigenvalue weighted by Gasteiger charge is -2.24. The Morgan fingerprint density at radius 2 is 1.82 bits per heavy atom. The Balaban J connectivity index is 1.96. The molecule has 0 radical (unpaired) electrons. The number of nitrogens with zero attached hydrogens (tertiary/aromatic N) is 2. The van der Waals surface area contributed by atoms with Crippen molar-refractivity contribution in [1.29, 1.82) is 0 Å². The Hall–Kier alpha value is -3.60. The molecule has 0 bridgehead atoms. The number of hydrazone groups is 1. The minimum atomic E-state index is -3.41. The molecule has 3 rings (SSSR count). The minimum Gasteiger partial charge on any atom is -0.493 e. The van der Waals surface area contributed by atoms with E-state index >= 15 is 0 Å². The molecule has 1 heterocycles. The number of carbonyl (C=O) groups is 2. The number of carboxylic acids is 1. The number of carbonyl (C=O) groups excluding carboxylic acids is 1. The van der Waals surface area contributed by atoms with Crippen LogP contribution in [0.4, 0.5) is 5.69 Å². The lowest BCUT2D eigenvalue weighted by atomic mass is 9.97. The SMILES string of the molecule is COc1cccc([C@H]2CC(c3ccc(NS(C)(=O)=O)cc3)=NN2C(=O)CCC(=O)O)c1OC. The summed E-state index contributed by atoms with van der Waals surface area (Å²) in [6, 6.07) is 11.4. The Labute approximate surface area is 191 Å². The number of anilines is 1.